The standard InChI is InChI=1S/C19H12N2O4S/c22-15-7-12-14(21-8-13(15)19(23)24)6-11-9-2-1-3-10(16(9)25-17(11)12)18-20-4-5-26-18/h1-5,7-8,14,21H,6H2,(H,23,24). The summed E-state index contributed by atoms with van der Waals surface area (Å²) in [6, 6.07) is 5.77. The van der Waals surface area contributed by atoms with Crippen molar-refractivity contribution in [3.63, 3.8) is 0 Å². The number of rotatable bonds is 2. The van der Waals surface area contributed by atoms with Gasteiger partial charge in [-0.2, -0.15) is 0 Å². The molecule has 3 heterocycles. The lowest BCUT2D eigenvalue weighted by Gasteiger charge is -2.10. The molecular formula is C19H12N2O4S. The van der Waals surface area contributed by atoms with Gasteiger partial charge in [0.2, 0.25) is 0 Å². The van der Waals surface area contributed by atoms with E-state index < -0.39 is 11.8 Å². The molecule has 2 aromatic heterocycles. The van der Waals surface area contributed by atoms with Gasteiger partial charge in [0, 0.05) is 40.7 Å². The van der Waals surface area contributed by atoms with E-state index in [1.165, 1.54) is 23.6 Å². The first kappa shape index (κ1) is 15.1. The van der Waals surface area contributed by atoms with E-state index in [0.29, 0.717) is 17.8 Å². The molecule has 0 bridgehead atoms. The predicted octanol–water partition coefficient (Wildman–Crippen LogP) is 3.01. The summed E-state index contributed by atoms with van der Waals surface area (Å²) in [5.74, 6) is -1.12. The van der Waals surface area contributed by atoms with Crippen LogP contribution in [0, 0.1) is 0 Å². The molecule has 2 N–H and O–H groups in total. The fourth-order valence-corrected chi connectivity index (χ4v) is 4.22. The number of thiazole rings is 1. The highest BCUT2D eigenvalue weighted by Gasteiger charge is 2.35. The van der Waals surface area contributed by atoms with Gasteiger partial charge >= 0.3 is 5.97 Å². The Kier molecular flexibility index (Phi) is 3.14. The molecule has 0 fully saturated rings. The molecule has 5 rings (SSSR count). The number of aliphatic carboxylic acids is 1. The summed E-state index contributed by atoms with van der Waals surface area (Å²) in [6.07, 6.45) is 5.04. The largest absolute Gasteiger partial charge is 0.477 e. The molecule has 3 aromatic rings. The lowest BCUT2D eigenvalue weighted by molar-refractivity contribution is -0.134. The van der Waals surface area contributed by atoms with Crippen molar-refractivity contribution in [2.24, 2.45) is 0 Å². The Morgan fingerprint density at radius 2 is 2.27 bits per heavy atom. The van der Waals surface area contributed by atoms with Crippen molar-refractivity contribution in [2.75, 3.05) is 0 Å². The number of carboxylic acids is 1. The van der Waals surface area contributed by atoms with Gasteiger partial charge in [-0.3, -0.25) is 4.79 Å². The van der Waals surface area contributed by atoms with Crippen LogP contribution in [0.2, 0.25) is 0 Å². The number of aromatic nitrogens is 1. The highest BCUT2D eigenvalue weighted by molar-refractivity contribution is 7.13. The molecule has 0 saturated carbocycles. The molecule has 1 aliphatic heterocycles. The highest BCUT2D eigenvalue weighted by atomic mass is 32.1. The molecule has 1 aliphatic carbocycles. The quantitative estimate of drug-likeness (QED) is 0.679. The second kappa shape index (κ2) is 5.40. The van der Waals surface area contributed by atoms with Gasteiger partial charge in [-0.05, 0) is 12.1 Å². The van der Waals surface area contributed by atoms with E-state index in [1.54, 1.807) is 6.20 Å². The molecule has 0 radical (unpaired) electrons. The number of hydrogen-bond donors (Lipinski definition) is 2. The lowest BCUT2D eigenvalue weighted by atomic mass is 10.1. The van der Waals surface area contributed by atoms with Gasteiger partial charge in [-0.25, -0.2) is 9.78 Å². The third-order valence-corrected chi connectivity index (χ3v) is 5.54. The van der Waals surface area contributed by atoms with E-state index in [1.807, 2.05) is 23.6 Å². The van der Waals surface area contributed by atoms with E-state index >= 15 is 0 Å². The molecule has 1 atom stereocenters. The highest BCUT2D eigenvalue weighted by Crippen LogP contribution is 2.43. The lowest BCUT2D eigenvalue weighted by Crippen LogP contribution is -2.24. The number of furan rings is 1. The van der Waals surface area contributed by atoms with Gasteiger partial charge in [0.15, 0.2) is 5.78 Å². The van der Waals surface area contributed by atoms with Crippen LogP contribution in [0.4, 0.5) is 0 Å². The van der Waals surface area contributed by atoms with Gasteiger partial charge < -0.3 is 14.8 Å². The summed E-state index contributed by atoms with van der Waals surface area (Å²) in [7, 11) is 0. The summed E-state index contributed by atoms with van der Waals surface area (Å²) in [4.78, 5) is 27.8. The van der Waals surface area contributed by atoms with Crippen LogP contribution in [0.3, 0.4) is 0 Å². The van der Waals surface area contributed by atoms with Crippen molar-refractivity contribution in [1.82, 2.24) is 10.3 Å². The number of para-hydroxylation sites is 1. The van der Waals surface area contributed by atoms with Gasteiger partial charge in [0.1, 0.15) is 21.9 Å². The van der Waals surface area contributed by atoms with Gasteiger partial charge in [-0.1, -0.05) is 12.1 Å². The van der Waals surface area contributed by atoms with Crippen molar-refractivity contribution in [3.05, 3.63) is 58.9 Å². The van der Waals surface area contributed by atoms with Crippen molar-refractivity contribution in [3.8, 4) is 10.6 Å². The SMILES string of the molecule is O=C(O)C1=CNC2Cc3c(oc4c(-c5nccs5)cccc34)C2=CC1=O. The zero-order valence-electron chi connectivity index (χ0n) is 13.4. The second-order valence-electron chi connectivity index (χ2n) is 6.18. The van der Waals surface area contributed by atoms with E-state index in [9.17, 15) is 9.59 Å². The minimum Gasteiger partial charge on any atom is -0.477 e. The number of hydrogen-bond acceptors (Lipinski definition) is 6. The minimum absolute atomic E-state index is 0.169. The van der Waals surface area contributed by atoms with Gasteiger partial charge in [0.25, 0.3) is 0 Å². The summed E-state index contributed by atoms with van der Waals surface area (Å²) in [6.45, 7) is 0. The maximum Gasteiger partial charge on any atom is 0.341 e. The van der Waals surface area contributed by atoms with Crippen LogP contribution in [0.1, 0.15) is 11.3 Å². The Hall–Kier alpha value is -3.19. The van der Waals surface area contributed by atoms with Crippen molar-refractivity contribution in [2.45, 2.75) is 12.5 Å². The van der Waals surface area contributed by atoms with Crippen LogP contribution in [-0.2, 0) is 16.0 Å². The third kappa shape index (κ3) is 2.07. The van der Waals surface area contributed by atoms with Crippen LogP contribution in [0.5, 0.6) is 0 Å². The third-order valence-electron chi connectivity index (χ3n) is 4.74. The number of carboxylic acid groups (broad SMARTS) is 1. The van der Waals surface area contributed by atoms with E-state index in [2.05, 4.69) is 10.3 Å². The Morgan fingerprint density at radius 1 is 1.38 bits per heavy atom. The average molecular weight is 364 g/mol. The van der Waals surface area contributed by atoms with Gasteiger partial charge in [0.05, 0.1) is 11.6 Å². The normalized spacial score (nSPS) is 18.6. The van der Waals surface area contributed by atoms with Crippen molar-refractivity contribution >= 4 is 39.6 Å². The second-order valence-corrected chi connectivity index (χ2v) is 7.07. The summed E-state index contributed by atoms with van der Waals surface area (Å²) in [5.41, 5.74) is 3.12. The first-order valence-electron chi connectivity index (χ1n) is 8.03. The molecule has 26 heavy (non-hydrogen) atoms. The molecule has 0 amide bonds. The van der Waals surface area contributed by atoms with E-state index in [0.717, 1.165) is 27.1 Å². The molecule has 1 aromatic carbocycles. The first-order chi connectivity index (χ1) is 12.6. The Bertz CT molecular complexity index is 1140. The number of nitrogens with one attached hydrogen (secondary N) is 1. The zero-order chi connectivity index (χ0) is 17.8. The molecular weight excluding hydrogens is 352 g/mol. The number of ketones is 1. The van der Waals surface area contributed by atoms with Crippen LogP contribution < -0.4 is 5.32 Å². The van der Waals surface area contributed by atoms with Crippen LogP contribution in [0.25, 0.3) is 27.1 Å². The summed E-state index contributed by atoms with van der Waals surface area (Å²) >= 11 is 1.54. The number of carbonyl (C=O) groups excluding carboxylic acids is 1. The Labute approximate surface area is 151 Å². The van der Waals surface area contributed by atoms with Crippen molar-refractivity contribution in [1.29, 1.82) is 0 Å². The molecule has 2 aliphatic rings. The topological polar surface area (TPSA) is 92.4 Å². The minimum atomic E-state index is -1.24. The van der Waals surface area contributed by atoms with Crippen LogP contribution in [0.15, 0.2) is 52.0 Å². The Morgan fingerprint density at radius 3 is 3.04 bits per heavy atom. The predicted molar refractivity (Wildman–Crippen MR) is 96.7 cm³/mol. The number of allylic oxidation sites excluding steroid dienone is 1. The molecule has 1 unspecified atom stereocenters. The summed E-state index contributed by atoms with van der Waals surface area (Å²) in [5, 5.41) is 16.0. The number of carbonyl (C=O) groups is 2. The Balaban J connectivity index is 1.68. The molecule has 128 valence electrons. The fraction of sp³-hybridized carbons (Fsp3) is 0.105. The molecule has 0 spiro atoms. The van der Waals surface area contributed by atoms with E-state index in [-0.39, 0.29) is 11.6 Å². The molecule has 0 saturated heterocycles. The number of fused-ring (bicyclic) bond motifs is 5. The fourth-order valence-electron chi connectivity index (χ4n) is 3.56. The first-order valence-corrected chi connectivity index (χ1v) is 8.91. The van der Waals surface area contributed by atoms with Gasteiger partial charge in [-0.15, -0.1) is 11.3 Å². The maximum atomic E-state index is 12.3. The van der Waals surface area contributed by atoms with E-state index in [4.69, 9.17) is 9.52 Å². The summed E-state index contributed by atoms with van der Waals surface area (Å²) < 4.78 is 6.17. The number of benzene rings is 1. The smallest absolute Gasteiger partial charge is 0.341 e. The maximum absolute atomic E-state index is 12.3. The number of nitrogens with zero attached hydrogens (tertiary/aromatic N) is 1. The average Bonchev–Trinajstić information content (AvgIpc) is 3.30. The zero-order valence-corrected chi connectivity index (χ0v) is 14.2. The van der Waals surface area contributed by atoms with Crippen LogP contribution >= 0.6 is 11.3 Å². The monoisotopic (exact) mass is 364 g/mol. The molecule has 7 heteroatoms. The van der Waals surface area contributed by atoms with Crippen LogP contribution in [-0.4, -0.2) is 27.9 Å². The molecule has 6 nitrogen and oxygen atoms in total. The van der Waals surface area contributed by atoms with Crippen molar-refractivity contribution < 1.29 is 19.1 Å².